The smallest absolute Gasteiger partial charge is 0.130 e. The Balaban J connectivity index is 2.22. The number of benzene rings is 1. The maximum atomic E-state index is 11.0. The van der Waals surface area contributed by atoms with Crippen LogP contribution >= 0.6 is 11.3 Å². The van der Waals surface area contributed by atoms with Gasteiger partial charge in [-0.3, -0.25) is 0 Å². The van der Waals surface area contributed by atoms with Gasteiger partial charge in [0.05, 0.1) is 5.69 Å². The lowest BCUT2D eigenvalue weighted by molar-refractivity contribution is -0.116. The van der Waals surface area contributed by atoms with E-state index in [2.05, 4.69) is 17.1 Å². The summed E-state index contributed by atoms with van der Waals surface area (Å²) < 4.78 is 0. The van der Waals surface area contributed by atoms with Gasteiger partial charge in [0.15, 0.2) is 0 Å². The average Bonchev–Trinajstić information content (AvgIpc) is 2.69. The lowest BCUT2D eigenvalue weighted by Crippen LogP contribution is -1.93. The summed E-state index contributed by atoms with van der Waals surface area (Å²) in [6, 6.07) is 10.2. The minimum atomic E-state index is 0.235. The molecule has 0 fully saturated rings. The third-order valence-electron chi connectivity index (χ3n) is 2.62. The average molecular weight is 245 g/mol. The molecule has 3 heteroatoms. The Morgan fingerprint density at radius 3 is 2.65 bits per heavy atom. The maximum absolute atomic E-state index is 11.0. The fourth-order valence-corrected chi connectivity index (χ4v) is 2.72. The van der Waals surface area contributed by atoms with Crippen LogP contribution in [0.2, 0.25) is 0 Å². The standard InChI is InChI=1S/C14H15NOS/c1-10(16)8-9-13-11(2)15-14(17-13)12-6-4-3-5-7-12/h3-7H,8-9H2,1-2H3. The molecule has 0 amide bonds. The van der Waals surface area contributed by atoms with Crippen molar-refractivity contribution in [3.8, 4) is 10.6 Å². The van der Waals surface area contributed by atoms with Crippen molar-refractivity contribution in [2.75, 3.05) is 0 Å². The highest BCUT2D eigenvalue weighted by molar-refractivity contribution is 7.15. The first-order valence-corrected chi connectivity index (χ1v) is 6.49. The molecule has 0 radical (unpaired) electrons. The summed E-state index contributed by atoms with van der Waals surface area (Å²) in [4.78, 5) is 16.8. The molecule has 1 heterocycles. The van der Waals surface area contributed by atoms with Crippen LogP contribution in [0.15, 0.2) is 30.3 Å². The van der Waals surface area contributed by atoms with Crippen molar-refractivity contribution in [1.82, 2.24) is 4.98 Å². The zero-order valence-electron chi connectivity index (χ0n) is 10.1. The number of aromatic nitrogens is 1. The number of carbonyl (C=O) groups excluding carboxylic acids is 1. The highest BCUT2D eigenvalue weighted by atomic mass is 32.1. The van der Waals surface area contributed by atoms with Crippen LogP contribution in [0.5, 0.6) is 0 Å². The number of thiazole rings is 1. The Kier molecular flexibility index (Phi) is 3.69. The normalized spacial score (nSPS) is 10.5. The Morgan fingerprint density at radius 1 is 1.29 bits per heavy atom. The molecule has 0 saturated carbocycles. The second-order valence-electron chi connectivity index (χ2n) is 4.10. The van der Waals surface area contributed by atoms with Gasteiger partial charge in [0.1, 0.15) is 10.8 Å². The molecule has 2 aromatic rings. The molecule has 88 valence electrons. The van der Waals surface area contributed by atoms with Crippen molar-refractivity contribution in [1.29, 1.82) is 0 Å². The molecule has 0 aliphatic rings. The molecule has 0 saturated heterocycles. The van der Waals surface area contributed by atoms with E-state index in [1.807, 2.05) is 25.1 Å². The molecule has 17 heavy (non-hydrogen) atoms. The molecule has 2 rings (SSSR count). The molecule has 0 unspecified atom stereocenters. The molecule has 1 aromatic carbocycles. The number of ketones is 1. The van der Waals surface area contributed by atoms with E-state index in [0.717, 1.165) is 22.7 Å². The number of hydrogen-bond acceptors (Lipinski definition) is 3. The Labute approximate surface area is 105 Å². The number of rotatable bonds is 4. The molecule has 0 atom stereocenters. The Morgan fingerprint density at radius 2 is 2.00 bits per heavy atom. The zero-order valence-corrected chi connectivity index (χ0v) is 10.9. The van der Waals surface area contributed by atoms with Crippen molar-refractivity contribution < 1.29 is 4.79 Å². The van der Waals surface area contributed by atoms with Gasteiger partial charge in [0.25, 0.3) is 0 Å². The molecule has 0 bridgehead atoms. The fraction of sp³-hybridized carbons (Fsp3) is 0.286. The monoisotopic (exact) mass is 245 g/mol. The summed E-state index contributed by atoms with van der Waals surface area (Å²) >= 11 is 1.69. The second-order valence-corrected chi connectivity index (χ2v) is 5.18. The Bertz CT molecular complexity index is 516. The van der Waals surface area contributed by atoms with Gasteiger partial charge >= 0.3 is 0 Å². The minimum absolute atomic E-state index is 0.235. The molecular weight excluding hydrogens is 230 g/mol. The van der Waals surface area contributed by atoms with E-state index in [9.17, 15) is 4.79 Å². The van der Waals surface area contributed by atoms with Gasteiger partial charge in [0, 0.05) is 16.9 Å². The van der Waals surface area contributed by atoms with Crippen LogP contribution in [-0.4, -0.2) is 10.8 Å². The van der Waals surface area contributed by atoms with Crippen molar-refractivity contribution in [2.45, 2.75) is 26.7 Å². The number of Topliss-reactive ketones (excluding diaryl/α,β-unsaturated/α-hetero) is 1. The number of carbonyl (C=O) groups is 1. The minimum Gasteiger partial charge on any atom is -0.300 e. The van der Waals surface area contributed by atoms with Gasteiger partial charge in [-0.2, -0.15) is 0 Å². The highest BCUT2D eigenvalue weighted by Gasteiger charge is 2.09. The summed E-state index contributed by atoms with van der Waals surface area (Å²) in [5, 5.41) is 1.04. The summed E-state index contributed by atoms with van der Waals surface area (Å²) in [5.74, 6) is 0.235. The van der Waals surface area contributed by atoms with Crippen molar-refractivity contribution in [2.24, 2.45) is 0 Å². The van der Waals surface area contributed by atoms with Crippen molar-refractivity contribution >= 4 is 17.1 Å². The van der Waals surface area contributed by atoms with Gasteiger partial charge in [-0.05, 0) is 20.3 Å². The number of nitrogens with zero attached hydrogens (tertiary/aromatic N) is 1. The molecule has 1 aromatic heterocycles. The topological polar surface area (TPSA) is 30.0 Å². The van der Waals surface area contributed by atoms with E-state index >= 15 is 0 Å². The predicted octanol–water partition coefficient (Wildman–Crippen LogP) is 3.64. The van der Waals surface area contributed by atoms with Gasteiger partial charge < -0.3 is 4.79 Å². The van der Waals surface area contributed by atoms with Gasteiger partial charge in [-0.15, -0.1) is 11.3 Å². The first-order chi connectivity index (χ1) is 8.16. The van der Waals surface area contributed by atoms with E-state index in [4.69, 9.17) is 0 Å². The number of hydrogen-bond donors (Lipinski definition) is 0. The van der Waals surface area contributed by atoms with Crippen LogP contribution in [-0.2, 0) is 11.2 Å². The SMILES string of the molecule is CC(=O)CCc1sc(-c2ccccc2)nc1C. The fourth-order valence-electron chi connectivity index (χ4n) is 1.65. The molecule has 2 nitrogen and oxygen atoms in total. The van der Waals surface area contributed by atoms with Crippen LogP contribution in [0, 0.1) is 6.92 Å². The first kappa shape index (κ1) is 12.0. The summed E-state index contributed by atoms with van der Waals surface area (Å²) in [6.45, 7) is 3.65. The molecular formula is C14H15NOS. The highest BCUT2D eigenvalue weighted by Crippen LogP contribution is 2.28. The molecule has 0 aliphatic heterocycles. The summed E-state index contributed by atoms with van der Waals surface area (Å²) in [6.07, 6.45) is 1.42. The van der Waals surface area contributed by atoms with Gasteiger partial charge in [0.2, 0.25) is 0 Å². The summed E-state index contributed by atoms with van der Waals surface area (Å²) in [7, 11) is 0. The van der Waals surface area contributed by atoms with Crippen LogP contribution in [0.4, 0.5) is 0 Å². The van der Waals surface area contributed by atoms with Crippen LogP contribution in [0.1, 0.15) is 23.9 Å². The molecule has 0 aliphatic carbocycles. The van der Waals surface area contributed by atoms with Crippen molar-refractivity contribution in [3.63, 3.8) is 0 Å². The van der Waals surface area contributed by atoms with E-state index in [-0.39, 0.29) is 5.78 Å². The van der Waals surface area contributed by atoms with Gasteiger partial charge in [-0.1, -0.05) is 30.3 Å². The Hall–Kier alpha value is -1.48. The zero-order chi connectivity index (χ0) is 12.3. The lowest BCUT2D eigenvalue weighted by Gasteiger charge is -1.94. The van der Waals surface area contributed by atoms with E-state index in [1.165, 1.54) is 4.88 Å². The third kappa shape index (κ3) is 3.01. The largest absolute Gasteiger partial charge is 0.300 e. The molecule has 0 spiro atoms. The molecule has 0 N–H and O–H groups in total. The quantitative estimate of drug-likeness (QED) is 0.823. The van der Waals surface area contributed by atoms with E-state index in [1.54, 1.807) is 18.3 Å². The number of aryl methyl sites for hydroxylation is 2. The first-order valence-electron chi connectivity index (χ1n) is 5.68. The summed E-state index contributed by atoms with van der Waals surface area (Å²) in [5.41, 5.74) is 2.20. The van der Waals surface area contributed by atoms with E-state index in [0.29, 0.717) is 6.42 Å². The predicted molar refractivity (Wildman–Crippen MR) is 71.3 cm³/mol. The van der Waals surface area contributed by atoms with E-state index < -0.39 is 0 Å². The van der Waals surface area contributed by atoms with Gasteiger partial charge in [-0.25, -0.2) is 4.98 Å². The lowest BCUT2D eigenvalue weighted by atomic mass is 10.2. The van der Waals surface area contributed by atoms with Crippen molar-refractivity contribution in [3.05, 3.63) is 40.9 Å². The maximum Gasteiger partial charge on any atom is 0.130 e. The van der Waals surface area contributed by atoms with Crippen LogP contribution in [0.3, 0.4) is 0 Å². The van der Waals surface area contributed by atoms with Crippen LogP contribution < -0.4 is 0 Å². The second kappa shape index (κ2) is 5.23. The van der Waals surface area contributed by atoms with Crippen LogP contribution in [0.25, 0.3) is 10.6 Å². The third-order valence-corrected chi connectivity index (χ3v) is 3.88.